The van der Waals surface area contributed by atoms with Crippen molar-refractivity contribution in [1.82, 2.24) is 10.3 Å². The summed E-state index contributed by atoms with van der Waals surface area (Å²) in [6, 6.07) is 3.45. The molecule has 0 fully saturated rings. The number of pyridine rings is 1. The number of hydrogen-bond acceptors (Lipinski definition) is 7. The number of allylic oxidation sites excluding steroid dienone is 5. The van der Waals surface area contributed by atoms with Crippen molar-refractivity contribution in [2.45, 2.75) is 52.7 Å². The zero-order valence-electron chi connectivity index (χ0n) is 20.1. The molecule has 182 valence electrons. The summed E-state index contributed by atoms with van der Waals surface area (Å²) in [4.78, 5) is 30.3. The fraction of sp³-hybridized carbons (Fsp3) is 0.440. The number of hydrogen-bond donors (Lipinski definition) is 2. The fourth-order valence-corrected chi connectivity index (χ4v) is 3.52. The van der Waals surface area contributed by atoms with E-state index in [1.165, 1.54) is 4.90 Å². The number of carbonyl (C=O) groups is 2. The molecule has 34 heavy (non-hydrogen) atoms. The maximum atomic E-state index is 13.1. The number of amides is 2. The lowest BCUT2D eigenvalue weighted by Gasteiger charge is -2.29. The number of aldehydes is 1. The molecule has 9 heteroatoms. The lowest BCUT2D eigenvalue weighted by Crippen LogP contribution is -2.43. The summed E-state index contributed by atoms with van der Waals surface area (Å²) in [6.45, 7) is 5.96. The van der Waals surface area contributed by atoms with E-state index in [1.807, 2.05) is 19.9 Å². The number of aliphatic hydroxyl groups is 1. The summed E-state index contributed by atoms with van der Waals surface area (Å²) in [7, 11) is 1.57. The van der Waals surface area contributed by atoms with Crippen LogP contribution in [0.15, 0.2) is 41.3 Å². The van der Waals surface area contributed by atoms with E-state index in [-0.39, 0.29) is 18.4 Å². The zero-order valence-corrected chi connectivity index (χ0v) is 20.1. The lowest BCUT2D eigenvalue weighted by atomic mass is 10.0. The number of carbonyl (C=O) groups excluding carboxylic acids is 2. The Balaban J connectivity index is 2.33. The Morgan fingerprint density at radius 1 is 1.47 bits per heavy atom. The summed E-state index contributed by atoms with van der Waals surface area (Å²) in [5.41, 5.74) is 2.15. The summed E-state index contributed by atoms with van der Waals surface area (Å²) in [5, 5.41) is 21.9. The number of nitrogens with zero attached hydrogens (tertiary/aromatic N) is 3. The summed E-state index contributed by atoms with van der Waals surface area (Å²) in [5.74, 6) is 0.725. The highest BCUT2D eigenvalue weighted by molar-refractivity contribution is 5.93. The third kappa shape index (κ3) is 7.01. The Hall–Kier alpha value is -3.48. The Morgan fingerprint density at radius 3 is 2.85 bits per heavy atom. The van der Waals surface area contributed by atoms with Crippen LogP contribution in [0.1, 0.15) is 55.2 Å². The van der Waals surface area contributed by atoms with Gasteiger partial charge in [-0.25, -0.2) is 9.78 Å². The van der Waals surface area contributed by atoms with Crippen LogP contribution in [-0.2, 0) is 22.5 Å². The lowest BCUT2D eigenvalue weighted by molar-refractivity contribution is 0.0525. The highest BCUT2D eigenvalue weighted by atomic mass is 16.5. The zero-order chi connectivity index (χ0) is 25.1. The number of fused-ring (bicyclic) bond motifs is 1. The van der Waals surface area contributed by atoms with E-state index < -0.39 is 6.03 Å². The molecular formula is C25H32N4O5. The highest BCUT2D eigenvalue weighted by Gasteiger charge is 2.26. The molecule has 0 saturated heterocycles. The molecule has 0 aromatic carbocycles. The molecule has 0 radical (unpaired) electrons. The van der Waals surface area contributed by atoms with E-state index in [1.54, 1.807) is 32.3 Å². The van der Waals surface area contributed by atoms with Gasteiger partial charge < -0.3 is 19.9 Å². The van der Waals surface area contributed by atoms with Gasteiger partial charge in [0.2, 0.25) is 0 Å². The molecular weight excluding hydrogens is 436 g/mol. The van der Waals surface area contributed by atoms with E-state index in [2.05, 4.69) is 16.4 Å². The smallest absolute Gasteiger partial charge is 0.327 e. The molecule has 2 heterocycles. The van der Waals surface area contributed by atoms with Gasteiger partial charge >= 0.3 is 6.03 Å². The molecule has 1 aromatic heterocycles. The van der Waals surface area contributed by atoms with Gasteiger partial charge in [0.05, 0.1) is 18.8 Å². The number of ether oxygens (including phenoxy) is 2. The highest BCUT2D eigenvalue weighted by Crippen LogP contribution is 2.27. The molecule has 1 aliphatic heterocycles. The minimum absolute atomic E-state index is 0.111. The Bertz CT molecular complexity index is 1020. The van der Waals surface area contributed by atoms with E-state index in [4.69, 9.17) is 9.47 Å². The first-order valence-corrected chi connectivity index (χ1v) is 11.2. The first-order valence-electron chi connectivity index (χ1n) is 11.2. The number of aliphatic hydroxyl groups excluding tert-OH is 1. The van der Waals surface area contributed by atoms with E-state index in [0.717, 1.165) is 18.4 Å². The van der Waals surface area contributed by atoms with Crippen LogP contribution in [0.3, 0.4) is 0 Å². The third-order valence-electron chi connectivity index (χ3n) is 5.09. The van der Waals surface area contributed by atoms with Crippen LogP contribution in [0.4, 0.5) is 10.6 Å². The summed E-state index contributed by atoms with van der Waals surface area (Å²) < 4.78 is 11.0. The van der Waals surface area contributed by atoms with Crippen LogP contribution >= 0.6 is 0 Å². The van der Waals surface area contributed by atoms with Gasteiger partial charge in [0, 0.05) is 31.0 Å². The van der Waals surface area contributed by atoms with Crippen molar-refractivity contribution in [3.63, 3.8) is 0 Å². The van der Waals surface area contributed by atoms with Crippen LogP contribution in [0.5, 0.6) is 0 Å². The fourth-order valence-electron chi connectivity index (χ4n) is 3.52. The normalized spacial score (nSPS) is 15.3. The second-order valence-corrected chi connectivity index (χ2v) is 7.89. The van der Waals surface area contributed by atoms with E-state index in [9.17, 15) is 20.0 Å². The molecule has 1 unspecified atom stereocenters. The number of rotatable bonds is 10. The first-order chi connectivity index (χ1) is 16.4. The van der Waals surface area contributed by atoms with Crippen molar-refractivity contribution in [3.8, 4) is 6.07 Å². The van der Waals surface area contributed by atoms with Gasteiger partial charge in [-0.3, -0.25) is 9.69 Å². The maximum Gasteiger partial charge on any atom is 0.327 e. The van der Waals surface area contributed by atoms with Crippen molar-refractivity contribution >= 4 is 18.1 Å². The number of nitriles is 1. The van der Waals surface area contributed by atoms with Crippen molar-refractivity contribution < 1.29 is 24.2 Å². The molecule has 2 rings (SSSR count). The number of aryl methyl sites for hydroxylation is 1. The number of nitrogens with one attached hydrogen (secondary N) is 1. The maximum absolute atomic E-state index is 13.1. The van der Waals surface area contributed by atoms with Gasteiger partial charge in [-0.15, -0.1) is 0 Å². The summed E-state index contributed by atoms with van der Waals surface area (Å²) in [6.07, 6.45) is 7.58. The van der Waals surface area contributed by atoms with E-state index in [0.29, 0.717) is 54.3 Å². The Labute approximate surface area is 200 Å². The molecule has 1 aromatic rings. The topological polar surface area (TPSA) is 125 Å². The van der Waals surface area contributed by atoms with E-state index >= 15 is 0 Å². The number of methoxy groups -OCH3 is 1. The van der Waals surface area contributed by atoms with Gasteiger partial charge in [0.15, 0.2) is 6.29 Å². The second-order valence-electron chi connectivity index (χ2n) is 7.89. The van der Waals surface area contributed by atoms with Crippen LogP contribution < -0.4 is 10.2 Å². The molecule has 9 nitrogen and oxygen atoms in total. The SMILES string of the molecule is CC/C=C/C(C#N)=C(\C=C(/C)NC(=O)N1CCCc2cc(CO)c(C=O)nc21)OC(C)COC. The Kier molecular flexibility index (Phi) is 10.5. The van der Waals surface area contributed by atoms with Crippen LogP contribution in [0, 0.1) is 11.3 Å². The monoisotopic (exact) mass is 468 g/mol. The molecule has 1 aliphatic rings. The predicted molar refractivity (Wildman–Crippen MR) is 128 cm³/mol. The van der Waals surface area contributed by atoms with Crippen molar-refractivity contribution in [2.75, 3.05) is 25.2 Å². The van der Waals surface area contributed by atoms with Crippen LogP contribution in [0.2, 0.25) is 0 Å². The number of anilines is 1. The second kappa shape index (κ2) is 13.3. The predicted octanol–water partition coefficient (Wildman–Crippen LogP) is 3.55. The molecule has 2 N–H and O–H groups in total. The van der Waals surface area contributed by atoms with Gasteiger partial charge in [-0.1, -0.05) is 13.0 Å². The van der Waals surface area contributed by atoms with Crippen molar-refractivity contribution in [3.05, 3.63) is 58.1 Å². The van der Waals surface area contributed by atoms with Crippen LogP contribution in [-0.4, -0.2) is 48.8 Å². The van der Waals surface area contributed by atoms with Gasteiger partial charge in [0.25, 0.3) is 0 Å². The molecule has 0 spiro atoms. The van der Waals surface area contributed by atoms with Crippen LogP contribution in [0.25, 0.3) is 0 Å². The minimum atomic E-state index is -0.414. The average molecular weight is 469 g/mol. The molecule has 0 aliphatic carbocycles. The van der Waals surface area contributed by atoms with Gasteiger partial charge in [-0.05, 0) is 50.8 Å². The van der Waals surface area contributed by atoms with Crippen molar-refractivity contribution in [2.24, 2.45) is 0 Å². The Morgan fingerprint density at radius 2 is 2.24 bits per heavy atom. The number of aromatic nitrogens is 1. The largest absolute Gasteiger partial charge is 0.487 e. The third-order valence-corrected chi connectivity index (χ3v) is 5.09. The molecule has 2 amide bonds. The standard InChI is InChI=1S/C25H32N4O5/c1-5-6-8-20(13-26)23(34-18(3)16-33-4)11-17(2)27-25(32)29-10-7-9-19-12-21(14-30)22(15-31)28-24(19)29/h6,8,11-12,15,18,30H,5,7,9-10,14,16H2,1-4H3,(H,27,32)/b8-6+,17-11+,23-20-. The number of urea groups is 1. The van der Waals surface area contributed by atoms with Crippen molar-refractivity contribution in [1.29, 1.82) is 5.26 Å². The summed E-state index contributed by atoms with van der Waals surface area (Å²) >= 11 is 0. The first kappa shape index (κ1) is 26.8. The van der Waals surface area contributed by atoms with Gasteiger partial charge in [0.1, 0.15) is 29.4 Å². The molecule has 0 bridgehead atoms. The molecule has 0 saturated carbocycles. The van der Waals surface area contributed by atoms with Gasteiger partial charge in [-0.2, -0.15) is 5.26 Å². The minimum Gasteiger partial charge on any atom is -0.487 e. The quantitative estimate of drug-likeness (QED) is 0.233. The average Bonchev–Trinajstić information content (AvgIpc) is 2.82. The molecule has 1 atom stereocenters.